The summed E-state index contributed by atoms with van der Waals surface area (Å²) >= 11 is 0. The minimum Gasteiger partial charge on any atom is -0.462 e. The van der Waals surface area contributed by atoms with E-state index in [1.807, 2.05) is 0 Å². The Morgan fingerprint density at radius 2 is 0.882 bits per heavy atom. The molecule has 6 atom stereocenters. The molecule has 0 radical (unpaired) electrons. The molecule has 0 aromatic rings. The van der Waals surface area contributed by atoms with Gasteiger partial charge in [-0.05, 0) is 44.9 Å². The Labute approximate surface area is 415 Å². The average molecular weight is 987 g/mol. The zero-order valence-corrected chi connectivity index (χ0v) is 44.0. The van der Waals surface area contributed by atoms with Gasteiger partial charge in [-0.15, -0.1) is 0 Å². The van der Waals surface area contributed by atoms with Crippen LogP contribution in [-0.4, -0.2) is 96.0 Å². The molecule has 0 bridgehead atoms. The van der Waals surface area contributed by atoms with E-state index in [0.29, 0.717) is 12.8 Å². The molecule has 12 nitrogen and oxygen atoms in total. The van der Waals surface area contributed by atoms with Crippen molar-refractivity contribution >= 4 is 22.1 Å². The van der Waals surface area contributed by atoms with Crippen LogP contribution in [-0.2, 0) is 38.7 Å². The summed E-state index contributed by atoms with van der Waals surface area (Å²) in [7, 11) is -4.61. The number of hydrogen-bond acceptors (Lipinski definition) is 11. The number of carbonyl (C=O) groups excluding carboxylic acids is 2. The van der Waals surface area contributed by atoms with Gasteiger partial charge in [0.05, 0.1) is 6.61 Å². The lowest BCUT2D eigenvalue weighted by Crippen LogP contribution is -2.60. The van der Waals surface area contributed by atoms with Gasteiger partial charge in [-0.25, -0.2) is 0 Å². The lowest BCUT2D eigenvalue weighted by atomic mass is 10.00. The number of unbranched alkanes of at least 4 members (excludes halogenated alkanes) is 32. The lowest BCUT2D eigenvalue weighted by molar-refractivity contribution is -0.297. The van der Waals surface area contributed by atoms with E-state index in [1.165, 1.54) is 161 Å². The van der Waals surface area contributed by atoms with Crippen molar-refractivity contribution in [1.82, 2.24) is 0 Å². The quantitative estimate of drug-likeness (QED) is 0.0196. The van der Waals surface area contributed by atoms with Gasteiger partial charge in [-0.3, -0.25) is 14.1 Å². The fourth-order valence-corrected chi connectivity index (χ4v) is 9.40. The highest BCUT2D eigenvalue weighted by molar-refractivity contribution is 7.85. The van der Waals surface area contributed by atoms with Gasteiger partial charge in [0.25, 0.3) is 10.1 Å². The molecule has 1 fully saturated rings. The first kappa shape index (κ1) is 64.1. The molecule has 0 saturated carbocycles. The van der Waals surface area contributed by atoms with Gasteiger partial charge in [0.2, 0.25) is 0 Å². The summed E-state index contributed by atoms with van der Waals surface area (Å²) in [5.74, 6) is -1.98. The van der Waals surface area contributed by atoms with E-state index >= 15 is 0 Å². The summed E-state index contributed by atoms with van der Waals surface area (Å²) in [6.45, 7) is 3.79. The van der Waals surface area contributed by atoms with E-state index in [9.17, 15) is 37.9 Å². The van der Waals surface area contributed by atoms with Gasteiger partial charge in [0, 0.05) is 12.8 Å². The zero-order valence-electron chi connectivity index (χ0n) is 43.2. The summed E-state index contributed by atoms with van der Waals surface area (Å²) in [6.07, 6.45) is 43.6. The number of allylic oxidation sites excluding steroid dienone is 4. The molecule has 0 aromatic heterocycles. The molecule has 1 aliphatic rings. The third-order valence-corrected chi connectivity index (χ3v) is 13.8. The van der Waals surface area contributed by atoms with Crippen molar-refractivity contribution < 1.29 is 56.8 Å². The van der Waals surface area contributed by atoms with Gasteiger partial charge < -0.3 is 34.3 Å². The maximum Gasteiger partial charge on any atom is 0.306 e. The van der Waals surface area contributed by atoms with Crippen molar-refractivity contribution in [2.45, 2.75) is 295 Å². The van der Waals surface area contributed by atoms with Gasteiger partial charge >= 0.3 is 11.9 Å². The molecule has 1 heterocycles. The highest BCUT2D eigenvalue weighted by Crippen LogP contribution is 2.24. The molecule has 0 aliphatic carbocycles. The van der Waals surface area contributed by atoms with Crippen molar-refractivity contribution in [3.63, 3.8) is 0 Å². The lowest BCUT2D eigenvalue weighted by Gasteiger charge is -2.40. The Bertz CT molecular complexity index is 1340. The van der Waals surface area contributed by atoms with Crippen LogP contribution in [0.2, 0.25) is 0 Å². The Morgan fingerprint density at radius 1 is 0.500 bits per heavy atom. The first-order valence-corrected chi connectivity index (χ1v) is 29.5. The van der Waals surface area contributed by atoms with Crippen molar-refractivity contribution in [2.24, 2.45) is 0 Å². The molecular formula is C55H102O12S. The molecule has 400 valence electrons. The monoisotopic (exact) mass is 987 g/mol. The Kier molecular flexibility index (Phi) is 42.5. The van der Waals surface area contributed by atoms with Crippen LogP contribution < -0.4 is 0 Å². The number of carbonyl (C=O) groups is 2. The average Bonchev–Trinajstić information content (AvgIpc) is 3.31. The van der Waals surface area contributed by atoms with E-state index < -0.39 is 71.2 Å². The summed E-state index contributed by atoms with van der Waals surface area (Å²) in [5, 5.41) is 31.0. The molecule has 0 amide bonds. The first-order valence-electron chi connectivity index (χ1n) is 27.9. The maximum atomic E-state index is 12.9. The summed E-state index contributed by atoms with van der Waals surface area (Å²) in [5.41, 5.74) is 0. The van der Waals surface area contributed by atoms with Gasteiger partial charge in [0.1, 0.15) is 36.8 Å². The predicted octanol–water partition coefficient (Wildman–Crippen LogP) is 13.1. The Morgan fingerprint density at radius 3 is 1.31 bits per heavy atom. The number of aliphatic hydroxyl groups is 3. The molecule has 6 unspecified atom stereocenters. The van der Waals surface area contributed by atoms with E-state index in [0.717, 1.165) is 57.8 Å². The third-order valence-electron chi connectivity index (χ3n) is 13.0. The van der Waals surface area contributed by atoms with Gasteiger partial charge in [0.15, 0.2) is 12.4 Å². The number of ether oxygens (including phenoxy) is 4. The summed E-state index contributed by atoms with van der Waals surface area (Å²) in [6, 6.07) is 0. The smallest absolute Gasteiger partial charge is 0.306 e. The Balaban J connectivity index is 2.32. The van der Waals surface area contributed by atoms with E-state index in [4.69, 9.17) is 18.9 Å². The SMILES string of the molecule is CCCCCC/C=C\C/C=C\CCCCCCCCCC(=O)OC(COC(=O)CCCCCCCCCCCCCCCCCCCCCCCC)COC1OC(CS(=O)(=O)O)C(O)C(O)C1O. The van der Waals surface area contributed by atoms with Crippen LogP contribution in [0.5, 0.6) is 0 Å². The summed E-state index contributed by atoms with van der Waals surface area (Å²) in [4.78, 5) is 25.6. The van der Waals surface area contributed by atoms with E-state index in [2.05, 4.69) is 38.2 Å². The van der Waals surface area contributed by atoms with Crippen molar-refractivity contribution in [2.75, 3.05) is 19.0 Å². The highest BCUT2D eigenvalue weighted by Gasteiger charge is 2.46. The van der Waals surface area contributed by atoms with Crippen LogP contribution in [0, 0.1) is 0 Å². The maximum absolute atomic E-state index is 12.9. The fraction of sp³-hybridized carbons (Fsp3) is 0.891. The van der Waals surface area contributed by atoms with Gasteiger partial charge in [-0.2, -0.15) is 8.42 Å². The van der Waals surface area contributed by atoms with Crippen LogP contribution in [0.15, 0.2) is 24.3 Å². The first-order chi connectivity index (χ1) is 33.0. The molecule has 1 aliphatic heterocycles. The van der Waals surface area contributed by atoms with E-state index in [1.54, 1.807) is 0 Å². The van der Waals surface area contributed by atoms with Crippen LogP contribution in [0.1, 0.15) is 258 Å². The van der Waals surface area contributed by atoms with E-state index in [-0.39, 0.29) is 19.4 Å². The highest BCUT2D eigenvalue weighted by atomic mass is 32.2. The number of rotatable bonds is 48. The second kappa shape index (κ2) is 45.0. The summed E-state index contributed by atoms with van der Waals surface area (Å²) < 4.78 is 54.3. The molecule has 68 heavy (non-hydrogen) atoms. The molecule has 1 rings (SSSR count). The molecule has 0 spiro atoms. The number of hydrogen-bond donors (Lipinski definition) is 4. The topological polar surface area (TPSA) is 186 Å². The molecular weight excluding hydrogens is 885 g/mol. The van der Waals surface area contributed by atoms with Crippen LogP contribution >= 0.6 is 0 Å². The fourth-order valence-electron chi connectivity index (χ4n) is 8.71. The number of esters is 2. The third kappa shape index (κ3) is 38.8. The second-order valence-corrected chi connectivity index (χ2v) is 21.1. The largest absolute Gasteiger partial charge is 0.462 e. The molecule has 4 N–H and O–H groups in total. The second-order valence-electron chi connectivity index (χ2n) is 19.6. The minimum atomic E-state index is -4.61. The molecule has 0 aromatic carbocycles. The standard InChI is InChI=1S/C55H102O12S/c1-3-5-7-9-11-13-15-17-19-21-23-24-25-26-28-29-31-33-35-37-39-41-43-50(56)64-45-48(46-65-55-54(60)53(59)52(58)49(67-55)47-68(61,62)63)66-51(57)44-42-40-38-36-34-32-30-27-22-20-18-16-14-12-10-8-6-4-2/h14,16,20,22,48-49,52-55,58-60H,3-13,15,17-19,21,23-47H2,1-2H3,(H,61,62,63)/b16-14-,22-20-. The van der Waals surface area contributed by atoms with Crippen molar-refractivity contribution in [3.8, 4) is 0 Å². The molecule has 1 saturated heterocycles. The van der Waals surface area contributed by atoms with Crippen LogP contribution in [0.3, 0.4) is 0 Å². The van der Waals surface area contributed by atoms with Crippen LogP contribution in [0.4, 0.5) is 0 Å². The minimum absolute atomic E-state index is 0.159. The number of aliphatic hydroxyl groups excluding tert-OH is 3. The molecule has 13 heteroatoms. The zero-order chi connectivity index (χ0) is 49.8. The normalized spacial score (nSPS) is 19.3. The van der Waals surface area contributed by atoms with Crippen molar-refractivity contribution in [1.29, 1.82) is 0 Å². The van der Waals surface area contributed by atoms with Crippen LogP contribution in [0.25, 0.3) is 0 Å². The van der Waals surface area contributed by atoms with Gasteiger partial charge in [-0.1, -0.05) is 224 Å². The van der Waals surface area contributed by atoms with Crippen molar-refractivity contribution in [3.05, 3.63) is 24.3 Å². The predicted molar refractivity (Wildman–Crippen MR) is 275 cm³/mol. The Hall–Kier alpha value is -1.87.